The normalized spacial score (nSPS) is 11.1. The Bertz CT molecular complexity index is 1410. The summed E-state index contributed by atoms with van der Waals surface area (Å²) in [5.41, 5.74) is 5.90. The quantitative estimate of drug-likeness (QED) is 0.281. The average Bonchev–Trinajstić information content (AvgIpc) is 2.86. The molecule has 4 N–H and O–H groups in total. The van der Waals surface area contributed by atoms with E-state index in [4.69, 9.17) is 15.2 Å². The SMILES string of the molecule is COc1ccc(NC(=O)Nc2cnc(Oc3ccc(-c4cc(F)cnc4N)cc3)nc2)cc1C(F)(F)F. The third-order valence-electron chi connectivity index (χ3n) is 4.91. The van der Waals surface area contributed by atoms with Crippen molar-refractivity contribution in [1.29, 1.82) is 0 Å². The lowest BCUT2D eigenvalue weighted by molar-refractivity contribution is -0.138. The van der Waals surface area contributed by atoms with Crippen LogP contribution in [0, 0.1) is 5.82 Å². The molecule has 0 saturated heterocycles. The maximum absolute atomic E-state index is 13.5. The zero-order chi connectivity index (χ0) is 26.6. The fraction of sp³-hybridized carbons (Fsp3) is 0.0833. The van der Waals surface area contributed by atoms with E-state index in [0.29, 0.717) is 16.9 Å². The Morgan fingerprint density at radius 3 is 2.24 bits per heavy atom. The van der Waals surface area contributed by atoms with Gasteiger partial charge in [0.25, 0.3) is 0 Å². The van der Waals surface area contributed by atoms with Crippen molar-refractivity contribution in [1.82, 2.24) is 15.0 Å². The van der Waals surface area contributed by atoms with Crippen LogP contribution in [0.15, 0.2) is 67.1 Å². The number of nitrogens with two attached hydrogens (primary N) is 1. The van der Waals surface area contributed by atoms with Gasteiger partial charge in [0.1, 0.15) is 23.1 Å². The lowest BCUT2D eigenvalue weighted by atomic mass is 10.1. The number of nitrogen functional groups attached to an aromatic ring is 1. The molecule has 0 atom stereocenters. The summed E-state index contributed by atoms with van der Waals surface area (Å²) < 4.78 is 63.2. The highest BCUT2D eigenvalue weighted by Gasteiger charge is 2.34. The number of urea groups is 1. The molecule has 4 aromatic rings. The van der Waals surface area contributed by atoms with Crippen LogP contribution in [0.25, 0.3) is 11.1 Å². The summed E-state index contributed by atoms with van der Waals surface area (Å²) in [4.78, 5) is 24.0. The summed E-state index contributed by atoms with van der Waals surface area (Å²) in [6.07, 6.45) is -1.12. The fourth-order valence-corrected chi connectivity index (χ4v) is 3.22. The number of ether oxygens (including phenoxy) is 2. The molecule has 0 spiro atoms. The standard InChI is InChI=1S/C24H18F4N6O3/c1-36-20-7-4-15(9-19(20)24(26,27)28)33-22(35)34-16-11-31-23(32-12-16)37-17-5-2-13(3-6-17)18-8-14(25)10-30-21(18)29/h2-12H,1H3,(H2,29,30)(H2,33,34,35). The molecule has 190 valence electrons. The van der Waals surface area contributed by atoms with Gasteiger partial charge in [0.05, 0.1) is 37.0 Å². The largest absolute Gasteiger partial charge is 0.496 e. The Morgan fingerprint density at radius 1 is 0.919 bits per heavy atom. The second-order valence-electron chi connectivity index (χ2n) is 7.46. The predicted molar refractivity (Wildman–Crippen MR) is 127 cm³/mol. The molecular weight excluding hydrogens is 496 g/mol. The van der Waals surface area contributed by atoms with E-state index in [9.17, 15) is 22.4 Å². The maximum atomic E-state index is 13.5. The zero-order valence-corrected chi connectivity index (χ0v) is 19.0. The number of methoxy groups -OCH3 is 1. The third kappa shape index (κ3) is 6.20. The van der Waals surface area contributed by atoms with Gasteiger partial charge in [0, 0.05) is 11.3 Å². The predicted octanol–water partition coefficient (Wildman–Crippen LogP) is 5.72. The summed E-state index contributed by atoms with van der Waals surface area (Å²) in [5, 5.41) is 4.72. The number of carbonyl (C=O) groups excluding carboxylic acids is 1. The van der Waals surface area contributed by atoms with E-state index in [0.717, 1.165) is 25.4 Å². The molecule has 0 radical (unpaired) electrons. The molecule has 2 heterocycles. The minimum atomic E-state index is -4.66. The van der Waals surface area contributed by atoms with E-state index < -0.39 is 23.6 Å². The lowest BCUT2D eigenvalue weighted by Crippen LogP contribution is -2.20. The molecule has 0 bridgehead atoms. The molecular formula is C24H18F4N6O3. The summed E-state index contributed by atoms with van der Waals surface area (Å²) in [6.45, 7) is 0. The van der Waals surface area contributed by atoms with Crippen molar-refractivity contribution < 1.29 is 31.8 Å². The van der Waals surface area contributed by atoms with Crippen molar-refractivity contribution in [3.05, 3.63) is 78.5 Å². The van der Waals surface area contributed by atoms with Crippen molar-refractivity contribution in [2.24, 2.45) is 0 Å². The van der Waals surface area contributed by atoms with Crippen molar-refractivity contribution in [3.8, 4) is 28.6 Å². The first kappa shape index (κ1) is 25.2. The van der Waals surface area contributed by atoms with Crippen LogP contribution in [-0.2, 0) is 6.18 Å². The third-order valence-corrected chi connectivity index (χ3v) is 4.91. The number of pyridine rings is 1. The molecule has 2 aromatic heterocycles. The summed E-state index contributed by atoms with van der Waals surface area (Å²) in [6, 6.07) is 10.1. The Morgan fingerprint density at radius 2 is 1.59 bits per heavy atom. The minimum absolute atomic E-state index is 0.0318. The van der Waals surface area contributed by atoms with Gasteiger partial charge in [0.15, 0.2) is 0 Å². The van der Waals surface area contributed by atoms with Crippen LogP contribution in [0.1, 0.15) is 5.56 Å². The Kier molecular flexibility index (Phi) is 7.04. The van der Waals surface area contributed by atoms with Gasteiger partial charge in [-0.1, -0.05) is 12.1 Å². The lowest BCUT2D eigenvalue weighted by Gasteiger charge is -2.14. The molecule has 2 amide bonds. The number of halogens is 4. The first-order valence-corrected chi connectivity index (χ1v) is 10.5. The highest BCUT2D eigenvalue weighted by Crippen LogP contribution is 2.37. The number of aromatic nitrogens is 3. The van der Waals surface area contributed by atoms with E-state index >= 15 is 0 Å². The first-order chi connectivity index (χ1) is 17.6. The van der Waals surface area contributed by atoms with Crippen LogP contribution in [0.3, 0.4) is 0 Å². The Hall–Kier alpha value is -4.94. The van der Waals surface area contributed by atoms with Crippen LogP contribution >= 0.6 is 0 Å². The summed E-state index contributed by atoms with van der Waals surface area (Å²) in [5.74, 6) is -0.328. The summed E-state index contributed by atoms with van der Waals surface area (Å²) in [7, 11) is 1.12. The first-order valence-electron chi connectivity index (χ1n) is 10.5. The van der Waals surface area contributed by atoms with Crippen molar-refractivity contribution in [2.45, 2.75) is 6.18 Å². The average molecular weight is 514 g/mol. The van der Waals surface area contributed by atoms with Gasteiger partial charge in [-0.2, -0.15) is 13.2 Å². The molecule has 4 rings (SSSR count). The number of benzene rings is 2. The topological polar surface area (TPSA) is 124 Å². The van der Waals surface area contributed by atoms with E-state index in [1.165, 1.54) is 24.5 Å². The van der Waals surface area contributed by atoms with Crippen molar-refractivity contribution in [3.63, 3.8) is 0 Å². The van der Waals surface area contributed by atoms with Crippen LogP contribution < -0.4 is 25.8 Å². The van der Waals surface area contributed by atoms with E-state index in [-0.39, 0.29) is 29.0 Å². The number of carbonyl (C=O) groups is 1. The smallest absolute Gasteiger partial charge is 0.420 e. The maximum Gasteiger partial charge on any atom is 0.420 e. The monoisotopic (exact) mass is 514 g/mol. The molecule has 0 aliphatic rings. The zero-order valence-electron chi connectivity index (χ0n) is 19.0. The second-order valence-corrected chi connectivity index (χ2v) is 7.46. The number of hydrogen-bond donors (Lipinski definition) is 3. The van der Waals surface area contributed by atoms with E-state index in [1.54, 1.807) is 24.3 Å². The summed E-state index contributed by atoms with van der Waals surface area (Å²) >= 11 is 0. The van der Waals surface area contributed by atoms with Gasteiger partial charge in [-0.15, -0.1) is 0 Å². The van der Waals surface area contributed by atoms with Gasteiger partial charge in [0.2, 0.25) is 0 Å². The van der Waals surface area contributed by atoms with Crippen LogP contribution in [0.4, 0.5) is 39.5 Å². The fourth-order valence-electron chi connectivity index (χ4n) is 3.22. The van der Waals surface area contributed by atoms with Gasteiger partial charge >= 0.3 is 18.2 Å². The van der Waals surface area contributed by atoms with Gasteiger partial charge < -0.3 is 25.8 Å². The van der Waals surface area contributed by atoms with Gasteiger partial charge in [-0.05, 0) is 42.0 Å². The number of anilines is 3. The van der Waals surface area contributed by atoms with E-state index in [2.05, 4.69) is 25.6 Å². The van der Waals surface area contributed by atoms with Crippen LogP contribution in [0.5, 0.6) is 17.5 Å². The minimum Gasteiger partial charge on any atom is -0.496 e. The molecule has 37 heavy (non-hydrogen) atoms. The van der Waals surface area contributed by atoms with Crippen molar-refractivity contribution >= 4 is 23.2 Å². The van der Waals surface area contributed by atoms with E-state index in [1.807, 2.05) is 0 Å². The molecule has 0 saturated carbocycles. The van der Waals surface area contributed by atoms with Crippen LogP contribution in [0.2, 0.25) is 0 Å². The molecule has 0 aliphatic carbocycles. The number of rotatable bonds is 6. The Labute approximate surface area is 207 Å². The number of nitrogens with one attached hydrogen (secondary N) is 2. The molecule has 2 aromatic carbocycles. The molecule has 9 nitrogen and oxygen atoms in total. The van der Waals surface area contributed by atoms with Gasteiger partial charge in [-0.25, -0.2) is 24.1 Å². The number of nitrogens with zero attached hydrogens (tertiary/aromatic N) is 3. The number of alkyl halides is 3. The number of amides is 2. The molecule has 0 aliphatic heterocycles. The second kappa shape index (κ2) is 10.4. The highest BCUT2D eigenvalue weighted by atomic mass is 19.4. The van der Waals surface area contributed by atoms with Crippen LogP contribution in [-0.4, -0.2) is 28.1 Å². The molecule has 13 heteroatoms. The molecule has 0 fully saturated rings. The highest BCUT2D eigenvalue weighted by molar-refractivity contribution is 5.99. The molecule has 0 unspecified atom stereocenters. The Balaban J connectivity index is 1.37. The number of hydrogen-bond acceptors (Lipinski definition) is 7. The van der Waals surface area contributed by atoms with Gasteiger partial charge in [-0.3, -0.25) is 0 Å². The van der Waals surface area contributed by atoms with Crippen molar-refractivity contribution in [2.75, 3.05) is 23.5 Å².